The lowest BCUT2D eigenvalue weighted by Gasteiger charge is -2.43. The summed E-state index contributed by atoms with van der Waals surface area (Å²) in [6.07, 6.45) is 14.0. The molecule has 3 rings (SSSR count). The van der Waals surface area contributed by atoms with Crippen molar-refractivity contribution in [1.82, 2.24) is 0 Å². The third-order valence-corrected chi connectivity index (χ3v) is 5.05. The van der Waals surface area contributed by atoms with Crippen LogP contribution in [0.2, 0.25) is 0 Å². The van der Waals surface area contributed by atoms with Crippen LogP contribution in [0.15, 0.2) is 24.3 Å². The molecule has 0 amide bonds. The summed E-state index contributed by atoms with van der Waals surface area (Å²) in [7, 11) is 0. The second-order valence-electron chi connectivity index (χ2n) is 5.75. The Labute approximate surface area is 96.7 Å². The molecule has 2 heteroatoms. The molecule has 2 nitrogen and oxygen atoms in total. The number of rotatable bonds is 0. The molecule has 0 unspecified atom stereocenters. The molecule has 1 fully saturated rings. The first-order valence-corrected chi connectivity index (χ1v) is 6.39. The highest BCUT2D eigenvalue weighted by Gasteiger charge is 2.52. The van der Waals surface area contributed by atoms with Crippen LogP contribution < -0.4 is 0 Å². The van der Waals surface area contributed by atoms with E-state index in [0.29, 0.717) is 5.41 Å². The zero-order valence-corrected chi connectivity index (χ0v) is 9.60. The Bertz CT molecular complexity index is 327. The lowest BCUT2D eigenvalue weighted by molar-refractivity contribution is -0.0272. The fourth-order valence-corrected chi connectivity index (χ4v) is 3.93. The minimum Gasteiger partial charge on any atom is -0.390 e. The molecule has 0 aromatic carbocycles. The van der Waals surface area contributed by atoms with Gasteiger partial charge in [0.05, 0.1) is 12.2 Å². The van der Waals surface area contributed by atoms with Crippen molar-refractivity contribution in [3.8, 4) is 0 Å². The Kier molecular flexibility index (Phi) is 2.27. The average molecular weight is 220 g/mol. The van der Waals surface area contributed by atoms with Crippen LogP contribution >= 0.6 is 0 Å². The summed E-state index contributed by atoms with van der Waals surface area (Å²) >= 11 is 0. The zero-order valence-electron chi connectivity index (χ0n) is 9.60. The average Bonchev–Trinajstić information content (AvgIpc) is 2.75. The van der Waals surface area contributed by atoms with Crippen molar-refractivity contribution >= 4 is 0 Å². The fraction of sp³-hybridized carbons (Fsp3) is 0.714. The maximum atomic E-state index is 9.83. The van der Waals surface area contributed by atoms with Gasteiger partial charge in [0.15, 0.2) is 0 Å². The van der Waals surface area contributed by atoms with Crippen molar-refractivity contribution in [3.05, 3.63) is 24.3 Å². The summed E-state index contributed by atoms with van der Waals surface area (Å²) in [5, 5.41) is 19.6. The molecule has 0 heterocycles. The molecule has 3 aliphatic carbocycles. The van der Waals surface area contributed by atoms with E-state index >= 15 is 0 Å². The third kappa shape index (κ3) is 1.26. The van der Waals surface area contributed by atoms with Crippen LogP contribution in [-0.2, 0) is 0 Å². The Morgan fingerprint density at radius 1 is 0.875 bits per heavy atom. The molecule has 0 spiro atoms. The van der Waals surface area contributed by atoms with Crippen LogP contribution in [0.1, 0.15) is 38.5 Å². The number of hydrogen-bond acceptors (Lipinski definition) is 2. The van der Waals surface area contributed by atoms with Crippen LogP contribution in [0.4, 0.5) is 0 Å². The van der Waals surface area contributed by atoms with Crippen molar-refractivity contribution < 1.29 is 10.2 Å². The van der Waals surface area contributed by atoms with Gasteiger partial charge in [-0.15, -0.1) is 0 Å². The van der Waals surface area contributed by atoms with Crippen molar-refractivity contribution in [3.63, 3.8) is 0 Å². The minimum atomic E-state index is -0.532. The maximum absolute atomic E-state index is 9.83. The Morgan fingerprint density at radius 2 is 1.44 bits per heavy atom. The second kappa shape index (κ2) is 3.44. The van der Waals surface area contributed by atoms with Crippen LogP contribution in [0.25, 0.3) is 0 Å². The molecule has 0 aliphatic heterocycles. The van der Waals surface area contributed by atoms with Crippen LogP contribution in [-0.4, -0.2) is 22.4 Å². The van der Waals surface area contributed by atoms with Gasteiger partial charge in [-0.25, -0.2) is 0 Å². The molecular formula is C14H20O2. The van der Waals surface area contributed by atoms with Gasteiger partial charge in [-0.3, -0.25) is 0 Å². The standard InChI is InChI=1S/C14H20O2/c15-11-3-9-13-5-1-6-14(13,8-2-7-13)10-4-12(11)16/h1-2,5,7,11-12,15-16H,3-4,6,8-10H2/t11-,12+,13?,14?/m1/s1. The number of aliphatic hydroxyl groups is 2. The predicted molar refractivity (Wildman–Crippen MR) is 62.9 cm³/mol. The topological polar surface area (TPSA) is 40.5 Å². The van der Waals surface area contributed by atoms with E-state index < -0.39 is 12.2 Å². The van der Waals surface area contributed by atoms with E-state index in [1.54, 1.807) is 0 Å². The summed E-state index contributed by atoms with van der Waals surface area (Å²) in [4.78, 5) is 0. The van der Waals surface area contributed by atoms with E-state index in [4.69, 9.17) is 0 Å². The predicted octanol–water partition coefficient (Wildman–Crippen LogP) is 2.17. The highest BCUT2D eigenvalue weighted by molar-refractivity contribution is 5.31. The Hall–Kier alpha value is -0.600. The van der Waals surface area contributed by atoms with E-state index in [2.05, 4.69) is 24.3 Å². The minimum absolute atomic E-state index is 0.189. The van der Waals surface area contributed by atoms with Gasteiger partial charge in [-0.05, 0) is 43.9 Å². The molecule has 2 N–H and O–H groups in total. The summed E-state index contributed by atoms with van der Waals surface area (Å²) in [5.74, 6) is 0. The van der Waals surface area contributed by atoms with Crippen LogP contribution in [0.5, 0.6) is 0 Å². The number of hydrogen-bond donors (Lipinski definition) is 2. The zero-order chi connectivity index (χ0) is 11.2. The van der Waals surface area contributed by atoms with Crippen molar-refractivity contribution in [2.75, 3.05) is 0 Å². The molecule has 2 atom stereocenters. The number of allylic oxidation sites excluding steroid dienone is 4. The highest BCUT2D eigenvalue weighted by atomic mass is 16.3. The molecule has 0 bridgehead atoms. The summed E-state index contributed by atoms with van der Waals surface area (Å²) in [6.45, 7) is 0. The molecule has 88 valence electrons. The van der Waals surface area contributed by atoms with Gasteiger partial charge in [0.1, 0.15) is 0 Å². The third-order valence-electron chi connectivity index (χ3n) is 5.05. The molecular weight excluding hydrogens is 200 g/mol. The van der Waals surface area contributed by atoms with Gasteiger partial charge in [-0.2, -0.15) is 0 Å². The molecule has 1 saturated carbocycles. The highest BCUT2D eigenvalue weighted by Crippen LogP contribution is 2.61. The van der Waals surface area contributed by atoms with Gasteiger partial charge in [0, 0.05) is 5.41 Å². The Balaban J connectivity index is 1.92. The molecule has 0 aromatic heterocycles. The van der Waals surface area contributed by atoms with Gasteiger partial charge < -0.3 is 10.2 Å². The molecule has 0 radical (unpaired) electrons. The van der Waals surface area contributed by atoms with E-state index in [1.807, 2.05) is 0 Å². The van der Waals surface area contributed by atoms with E-state index in [1.165, 1.54) is 0 Å². The summed E-state index contributed by atoms with van der Waals surface area (Å²) in [6, 6.07) is 0. The SMILES string of the molecule is O[C@@H]1CCC23C=CCC2(CC=C3)CC[C@@H]1O. The first-order chi connectivity index (χ1) is 7.68. The maximum Gasteiger partial charge on any atom is 0.0799 e. The van der Waals surface area contributed by atoms with Gasteiger partial charge in [0.25, 0.3) is 0 Å². The van der Waals surface area contributed by atoms with E-state index in [9.17, 15) is 10.2 Å². The summed E-state index contributed by atoms with van der Waals surface area (Å²) in [5.41, 5.74) is 0.516. The normalized spacial score (nSPS) is 50.9. The van der Waals surface area contributed by atoms with Crippen molar-refractivity contribution in [1.29, 1.82) is 0 Å². The van der Waals surface area contributed by atoms with Crippen molar-refractivity contribution in [2.45, 2.75) is 50.7 Å². The quantitative estimate of drug-likeness (QED) is 0.614. The molecule has 3 aliphatic rings. The monoisotopic (exact) mass is 220 g/mol. The van der Waals surface area contributed by atoms with Gasteiger partial charge in [0.2, 0.25) is 0 Å². The van der Waals surface area contributed by atoms with E-state index in [-0.39, 0.29) is 5.41 Å². The number of aliphatic hydroxyl groups excluding tert-OH is 2. The second-order valence-corrected chi connectivity index (χ2v) is 5.75. The molecule has 16 heavy (non-hydrogen) atoms. The lowest BCUT2D eigenvalue weighted by Crippen LogP contribution is -2.39. The van der Waals surface area contributed by atoms with Gasteiger partial charge >= 0.3 is 0 Å². The molecule has 0 saturated heterocycles. The first-order valence-electron chi connectivity index (χ1n) is 6.39. The fourth-order valence-electron chi connectivity index (χ4n) is 3.93. The van der Waals surface area contributed by atoms with Crippen LogP contribution in [0, 0.1) is 10.8 Å². The van der Waals surface area contributed by atoms with Gasteiger partial charge in [-0.1, -0.05) is 24.3 Å². The Morgan fingerprint density at radius 3 is 2.06 bits per heavy atom. The lowest BCUT2D eigenvalue weighted by atomic mass is 9.61. The van der Waals surface area contributed by atoms with Crippen LogP contribution in [0.3, 0.4) is 0 Å². The first kappa shape index (κ1) is 10.5. The smallest absolute Gasteiger partial charge is 0.0799 e. The van der Waals surface area contributed by atoms with E-state index in [0.717, 1.165) is 38.5 Å². The largest absolute Gasteiger partial charge is 0.390 e. The summed E-state index contributed by atoms with van der Waals surface area (Å²) < 4.78 is 0. The molecule has 0 aromatic rings. The van der Waals surface area contributed by atoms with Crippen molar-refractivity contribution in [2.24, 2.45) is 10.8 Å².